The van der Waals surface area contributed by atoms with Gasteiger partial charge in [-0.05, 0) is 17.7 Å². The fourth-order valence-electron chi connectivity index (χ4n) is 1.17. The predicted octanol–water partition coefficient (Wildman–Crippen LogP) is 1.46. The molecule has 15 heavy (non-hydrogen) atoms. The van der Waals surface area contributed by atoms with Crippen LogP contribution < -0.4 is 5.73 Å². The van der Waals surface area contributed by atoms with Gasteiger partial charge in [0.25, 0.3) is 0 Å². The molecule has 1 rings (SSSR count). The zero-order chi connectivity index (χ0) is 11.4. The minimum Gasteiger partial charge on any atom is -0.465 e. The highest BCUT2D eigenvalue weighted by Crippen LogP contribution is 2.22. The van der Waals surface area contributed by atoms with Gasteiger partial charge in [-0.15, -0.1) is 0 Å². The lowest BCUT2D eigenvalue weighted by atomic mass is 10.0. The van der Waals surface area contributed by atoms with Crippen molar-refractivity contribution < 1.29 is 9.53 Å². The number of nitrogens with zero attached hydrogens (tertiary/aromatic N) is 1. The van der Waals surface area contributed by atoms with E-state index in [0.29, 0.717) is 5.56 Å². The van der Waals surface area contributed by atoms with Crippen LogP contribution in [-0.4, -0.2) is 13.1 Å². The number of rotatable bonds is 2. The van der Waals surface area contributed by atoms with E-state index in [-0.39, 0.29) is 22.7 Å². The third-order valence-corrected chi connectivity index (χ3v) is 2.20. The van der Waals surface area contributed by atoms with Crippen LogP contribution in [0.3, 0.4) is 0 Å². The molecule has 0 aliphatic heterocycles. The molecule has 2 N–H and O–H groups in total. The number of methoxy groups -OCH3 is 1. The van der Waals surface area contributed by atoms with E-state index in [1.807, 2.05) is 6.07 Å². The van der Waals surface area contributed by atoms with Crippen molar-refractivity contribution in [1.29, 1.82) is 5.26 Å². The second kappa shape index (κ2) is 4.78. The molecule has 0 heterocycles. The summed E-state index contributed by atoms with van der Waals surface area (Å²) in [7, 11) is 1.24. The van der Waals surface area contributed by atoms with E-state index >= 15 is 0 Å². The van der Waals surface area contributed by atoms with Crippen molar-refractivity contribution in [3.63, 3.8) is 0 Å². The van der Waals surface area contributed by atoms with Crippen LogP contribution in [0.25, 0.3) is 0 Å². The zero-order valence-corrected chi connectivity index (χ0v) is 8.84. The maximum absolute atomic E-state index is 11.3. The molecule has 0 saturated carbocycles. The van der Waals surface area contributed by atoms with E-state index in [4.69, 9.17) is 22.6 Å². The molecule has 0 amide bonds. The molecule has 1 aromatic rings. The molecule has 0 aromatic heterocycles. The van der Waals surface area contributed by atoms with Gasteiger partial charge in [0.2, 0.25) is 0 Å². The van der Waals surface area contributed by atoms with Crippen LogP contribution in [0.2, 0.25) is 5.02 Å². The minimum absolute atomic E-state index is 0.112. The molecule has 1 aromatic carbocycles. The van der Waals surface area contributed by atoms with Gasteiger partial charge in [0.05, 0.1) is 23.3 Å². The summed E-state index contributed by atoms with van der Waals surface area (Å²) in [5, 5.41) is 9.04. The maximum Gasteiger partial charge on any atom is 0.339 e. The Morgan fingerprint density at radius 3 is 2.80 bits per heavy atom. The summed E-state index contributed by atoms with van der Waals surface area (Å²) in [5.41, 5.74) is 6.37. The Morgan fingerprint density at radius 2 is 2.33 bits per heavy atom. The minimum atomic E-state index is -0.594. The number of hydrogen-bond acceptors (Lipinski definition) is 4. The van der Waals surface area contributed by atoms with Gasteiger partial charge in [0.15, 0.2) is 0 Å². The van der Waals surface area contributed by atoms with Crippen LogP contribution in [0.5, 0.6) is 0 Å². The average Bonchev–Trinajstić information content (AvgIpc) is 2.26. The predicted molar refractivity (Wildman–Crippen MR) is 55.4 cm³/mol. The molecule has 78 valence electrons. The van der Waals surface area contributed by atoms with Crippen molar-refractivity contribution in [3.8, 4) is 6.07 Å². The van der Waals surface area contributed by atoms with Gasteiger partial charge in [-0.1, -0.05) is 11.6 Å². The van der Waals surface area contributed by atoms with Gasteiger partial charge in [0.1, 0.15) is 6.07 Å². The Kier molecular flexibility index (Phi) is 3.67. The van der Waals surface area contributed by atoms with Crippen LogP contribution in [0.15, 0.2) is 12.1 Å². The first-order valence-corrected chi connectivity index (χ1v) is 4.52. The molecule has 0 aliphatic carbocycles. The molecule has 0 aliphatic rings. The van der Waals surface area contributed by atoms with Crippen molar-refractivity contribution in [3.05, 3.63) is 33.8 Å². The second-order valence-electron chi connectivity index (χ2n) is 2.81. The molecule has 0 fully saturated rings. The number of hydrogen-bond donors (Lipinski definition) is 1. The van der Waals surface area contributed by atoms with Crippen molar-refractivity contribution in [2.75, 3.05) is 7.11 Å². The largest absolute Gasteiger partial charge is 0.465 e. The number of carbonyl (C=O) groups excluding carboxylic acids is 1. The van der Waals surface area contributed by atoms with Gasteiger partial charge in [-0.3, -0.25) is 0 Å². The summed E-state index contributed by atoms with van der Waals surface area (Å²) in [4.78, 5) is 11.3. The number of benzene rings is 1. The number of esters is 1. The first-order valence-electron chi connectivity index (χ1n) is 4.15. The van der Waals surface area contributed by atoms with Crippen molar-refractivity contribution >= 4 is 17.6 Å². The second-order valence-corrected chi connectivity index (χ2v) is 3.21. The van der Waals surface area contributed by atoms with Gasteiger partial charge >= 0.3 is 5.97 Å². The average molecular weight is 225 g/mol. The third-order valence-electron chi connectivity index (χ3n) is 1.90. The summed E-state index contributed by atoms with van der Waals surface area (Å²) in [6.07, 6.45) is 0. The Morgan fingerprint density at radius 1 is 1.67 bits per heavy atom. The van der Waals surface area contributed by atoms with E-state index in [2.05, 4.69) is 4.74 Å². The standard InChI is InChI=1S/C10H9ClN2O2/c1-15-10(14)7-2-6(4-12)3-9(11)8(7)5-13/h2-3H,4,12H2,1H3. The Bertz CT molecular complexity index is 438. The first kappa shape index (κ1) is 11.5. The zero-order valence-electron chi connectivity index (χ0n) is 8.08. The van der Waals surface area contributed by atoms with Crippen LogP contribution >= 0.6 is 11.6 Å². The van der Waals surface area contributed by atoms with Crippen molar-refractivity contribution in [1.82, 2.24) is 0 Å². The van der Waals surface area contributed by atoms with Crippen LogP contribution in [-0.2, 0) is 11.3 Å². The molecule has 0 bridgehead atoms. The molecule has 0 radical (unpaired) electrons. The number of carbonyl (C=O) groups is 1. The maximum atomic E-state index is 11.3. The topological polar surface area (TPSA) is 76.1 Å². The van der Waals surface area contributed by atoms with Gasteiger partial charge in [-0.2, -0.15) is 5.26 Å². The summed E-state index contributed by atoms with van der Waals surface area (Å²) >= 11 is 5.83. The van der Waals surface area contributed by atoms with Crippen LogP contribution in [0, 0.1) is 11.3 Å². The molecule has 0 atom stereocenters. The first-order chi connectivity index (χ1) is 7.13. The Hall–Kier alpha value is -1.57. The molecule has 0 saturated heterocycles. The van der Waals surface area contributed by atoms with Crippen molar-refractivity contribution in [2.24, 2.45) is 5.73 Å². The van der Waals surface area contributed by atoms with Gasteiger partial charge < -0.3 is 10.5 Å². The van der Waals surface area contributed by atoms with Gasteiger partial charge in [-0.25, -0.2) is 4.79 Å². The summed E-state index contributed by atoms with van der Waals surface area (Å²) in [5.74, 6) is -0.594. The quantitative estimate of drug-likeness (QED) is 0.772. The highest BCUT2D eigenvalue weighted by atomic mass is 35.5. The smallest absolute Gasteiger partial charge is 0.339 e. The lowest BCUT2D eigenvalue weighted by Crippen LogP contribution is -2.07. The third kappa shape index (κ3) is 2.27. The Labute approximate surface area is 92.2 Å². The van der Waals surface area contributed by atoms with Gasteiger partial charge in [0, 0.05) is 6.54 Å². The summed E-state index contributed by atoms with van der Waals surface area (Å²) < 4.78 is 4.54. The molecular formula is C10H9ClN2O2. The summed E-state index contributed by atoms with van der Waals surface area (Å²) in [6, 6.07) is 4.93. The summed E-state index contributed by atoms with van der Waals surface area (Å²) in [6.45, 7) is 0.245. The van der Waals surface area contributed by atoms with Crippen molar-refractivity contribution in [2.45, 2.75) is 6.54 Å². The van der Waals surface area contributed by atoms with Crippen LogP contribution in [0.4, 0.5) is 0 Å². The molecule has 5 heteroatoms. The number of halogens is 1. The van der Waals surface area contributed by atoms with E-state index in [0.717, 1.165) is 0 Å². The lowest BCUT2D eigenvalue weighted by Gasteiger charge is -2.06. The highest BCUT2D eigenvalue weighted by molar-refractivity contribution is 6.32. The Balaban J connectivity index is 3.40. The van der Waals surface area contributed by atoms with E-state index < -0.39 is 5.97 Å². The molecule has 0 unspecified atom stereocenters. The number of nitrogens with two attached hydrogens (primary N) is 1. The molecule has 4 nitrogen and oxygen atoms in total. The fraction of sp³-hybridized carbons (Fsp3) is 0.200. The molecular weight excluding hydrogens is 216 g/mol. The number of nitriles is 1. The fourth-order valence-corrected chi connectivity index (χ4v) is 1.45. The van der Waals surface area contributed by atoms with E-state index in [1.54, 1.807) is 6.07 Å². The monoisotopic (exact) mass is 224 g/mol. The normalized spacial score (nSPS) is 9.47. The highest BCUT2D eigenvalue weighted by Gasteiger charge is 2.15. The van der Waals surface area contributed by atoms with Crippen LogP contribution in [0.1, 0.15) is 21.5 Å². The van der Waals surface area contributed by atoms with E-state index in [1.165, 1.54) is 13.2 Å². The SMILES string of the molecule is COC(=O)c1cc(CN)cc(Cl)c1C#N. The lowest BCUT2D eigenvalue weighted by molar-refractivity contribution is 0.0600. The van der Waals surface area contributed by atoms with E-state index in [9.17, 15) is 4.79 Å². The molecule has 0 spiro atoms. The number of ether oxygens (including phenoxy) is 1.